The molecule has 0 heterocycles. The second-order valence-corrected chi connectivity index (χ2v) is 6.39. The van der Waals surface area contributed by atoms with Gasteiger partial charge in [0.15, 0.2) is 0 Å². The van der Waals surface area contributed by atoms with E-state index in [-0.39, 0.29) is 5.97 Å². The minimum absolute atomic E-state index is 0.234. The van der Waals surface area contributed by atoms with Crippen LogP contribution in [0.2, 0.25) is 0 Å². The Balaban J connectivity index is 3.16. The van der Waals surface area contributed by atoms with Gasteiger partial charge in [-0.05, 0) is 19.3 Å². The molecule has 0 aromatic rings. The Kier molecular flexibility index (Phi) is 16.3. The second-order valence-electron chi connectivity index (χ2n) is 6.39. The summed E-state index contributed by atoms with van der Waals surface area (Å²) in [5.74, 6) is -0.234. The Morgan fingerprint density at radius 1 is 0.818 bits per heavy atom. The lowest BCUT2D eigenvalue weighted by molar-refractivity contribution is -0.140. The maximum absolute atomic E-state index is 13.6. The minimum atomic E-state index is -0.747. The van der Waals surface area contributed by atoms with Crippen LogP contribution >= 0.6 is 0 Å². The molecule has 0 radical (unpaired) electrons. The highest BCUT2D eigenvalue weighted by Crippen LogP contribution is 2.15. The van der Waals surface area contributed by atoms with E-state index in [0.29, 0.717) is 25.7 Å². The maximum atomic E-state index is 13.6. The first-order valence-corrected chi connectivity index (χ1v) is 9.41. The van der Waals surface area contributed by atoms with E-state index in [9.17, 15) is 9.18 Å². The Morgan fingerprint density at radius 3 is 1.77 bits per heavy atom. The van der Waals surface area contributed by atoms with Crippen LogP contribution in [0.3, 0.4) is 0 Å². The van der Waals surface area contributed by atoms with E-state index in [4.69, 9.17) is 0 Å². The van der Waals surface area contributed by atoms with Crippen LogP contribution in [-0.4, -0.2) is 19.3 Å². The Hall–Kier alpha value is -0.600. The van der Waals surface area contributed by atoms with E-state index in [2.05, 4.69) is 11.7 Å². The number of rotatable bonds is 16. The van der Waals surface area contributed by atoms with E-state index in [1.165, 1.54) is 64.9 Å². The molecule has 0 saturated carbocycles. The molecule has 3 heteroatoms. The molecule has 0 fully saturated rings. The van der Waals surface area contributed by atoms with Crippen molar-refractivity contribution in [3.05, 3.63) is 0 Å². The molecule has 0 rings (SSSR count). The second kappa shape index (κ2) is 16.8. The highest BCUT2D eigenvalue weighted by molar-refractivity contribution is 5.68. The predicted octanol–water partition coefficient (Wildman–Crippen LogP) is 6.37. The van der Waals surface area contributed by atoms with Crippen molar-refractivity contribution in [2.45, 2.75) is 109 Å². The van der Waals surface area contributed by atoms with Crippen LogP contribution in [-0.2, 0) is 9.53 Å². The Bertz CT molecular complexity index is 244. The summed E-state index contributed by atoms with van der Waals surface area (Å²) in [7, 11) is 1.38. The predicted molar refractivity (Wildman–Crippen MR) is 91.8 cm³/mol. The van der Waals surface area contributed by atoms with Gasteiger partial charge in [-0.1, -0.05) is 77.6 Å². The number of hydrogen-bond donors (Lipinski definition) is 0. The fourth-order valence-electron chi connectivity index (χ4n) is 2.74. The molecule has 0 aliphatic rings. The zero-order valence-electron chi connectivity index (χ0n) is 14.9. The Morgan fingerprint density at radius 2 is 1.27 bits per heavy atom. The summed E-state index contributed by atoms with van der Waals surface area (Å²) in [6.45, 7) is 2.25. The van der Waals surface area contributed by atoms with Gasteiger partial charge in [-0.2, -0.15) is 0 Å². The molecule has 1 atom stereocenters. The van der Waals surface area contributed by atoms with Gasteiger partial charge in [0.2, 0.25) is 0 Å². The van der Waals surface area contributed by atoms with Crippen LogP contribution in [0.4, 0.5) is 4.39 Å². The molecule has 0 aromatic carbocycles. The molecule has 0 saturated heterocycles. The van der Waals surface area contributed by atoms with Crippen molar-refractivity contribution in [1.29, 1.82) is 0 Å². The summed E-state index contributed by atoms with van der Waals surface area (Å²) < 4.78 is 18.1. The third-order valence-electron chi connectivity index (χ3n) is 4.25. The van der Waals surface area contributed by atoms with Gasteiger partial charge in [-0.15, -0.1) is 0 Å². The van der Waals surface area contributed by atoms with Gasteiger partial charge in [-0.25, -0.2) is 4.39 Å². The largest absolute Gasteiger partial charge is 0.469 e. The first-order chi connectivity index (χ1) is 10.7. The quantitative estimate of drug-likeness (QED) is 0.244. The molecule has 2 nitrogen and oxygen atoms in total. The van der Waals surface area contributed by atoms with Crippen LogP contribution in [0.1, 0.15) is 103 Å². The van der Waals surface area contributed by atoms with Crippen molar-refractivity contribution in [1.82, 2.24) is 0 Å². The number of ether oxygens (including phenoxy) is 1. The highest BCUT2D eigenvalue weighted by atomic mass is 19.1. The van der Waals surface area contributed by atoms with Crippen LogP contribution in [0, 0.1) is 0 Å². The third kappa shape index (κ3) is 15.8. The average Bonchev–Trinajstić information content (AvgIpc) is 2.52. The first kappa shape index (κ1) is 21.4. The normalized spacial score (nSPS) is 12.3. The van der Waals surface area contributed by atoms with E-state index in [0.717, 1.165) is 12.8 Å². The monoisotopic (exact) mass is 316 g/mol. The van der Waals surface area contributed by atoms with Crippen molar-refractivity contribution < 1.29 is 13.9 Å². The van der Waals surface area contributed by atoms with Crippen LogP contribution in [0.5, 0.6) is 0 Å². The molecular formula is C19H37FO2. The summed E-state index contributed by atoms with van der Waals surface area (Å²) in [5, 5.41) is 0. The molecule has 0 aromatic heterocycles. The van der Waals surface area contributed by atoms with Gasteiger partial charge in [0.05, 0.1) is 7.11 Å². The van der Waals surface area contributed by atoms with Crippen molar-refractivity contribution in [3.63, 3.8) is 0 Å². The SMILES string of the molecule is CCCCCCCCCCCCC[C@H](F)CCCC(=O)OC. The van der Waals surface area contributed by atoms with E-state index in [1.54, 1.807) is 0 Å². The molecule has 22 heavy (non-hydrogen) atoms. The van der Waals surface area contributed by atoms with Crippen LogP contribution in [0.25, 0.3) is 0 Å². The number of esters is 1. The number of halogens is 1. The minimum Gasteiger partial charge on any atom is -0.469 e. The summed E-state index contributed by atoms with van der Waals surface area (Å²) in [4.78, 5) is 10.9. The van der Waals surface area contributed by atoms with Gasteiger partial charge in [0, 0.05) is 6.42 Å². The number of alkyl halides is 1. The first-order valence-electron chi connectivity index (χ1n) is 9.41. The lowest BCUT2D eigenvalue weighted by Gasteiger charge is -2.07. The fourth-order valence-corrected chi connectivity index (χ4v) is 2.74. The standard InChI is InChI=1S/C19H37FO2/c1-3-4-5-6-7-8-9-10-11-12-13-15-18(20)16-14-17-19(21)22-2/h18H,3-17H2,1-2H3/t18-/m0/s1. The summed E-state index contributed by atoms with van der Waals surface area (Å²) in [5.41, 5.74) is 0. The molecule has 0 spiro atoms. The zero-order chi connectivity index (χ0) is 16.5. The van der Waals surface area contributed by atoms with Crippen molar-refractivity contribution >= 4 is 5.97 Å². The van der Waals surface area contributed by atoms with Crippen LogP contribution < -0.4 is 0 Å². The van der Waals surface area contributed by atoms with E-state index >= 15 is 0 Å². The molecule has 0 N–H and O–H groups in total. The molecule has 0 bridgehead atoms. The summed E-state index contributed by atoms with van der Waals surface area (Å²) in [6.07, 6.45) is 15.6. The Labute approximate surface area is 137 Å². The average molecular weight is 317 g/mol. The van der Waals surface area contributed by atoms with Gasteiger partial charge in [-0.3, -0.25) is 4.79 Å². The lowest BCUT2D eigenvalue weighted by Crippen LogP contribution is -2.04. The molecule has 0 aliphatic carbocycles. The number of carbonyl (C=O) groups is 1. The maximum Gasteiger partial charge on any atom is 0.305 e. The molecular weight excluding hydrogens is 279 g/mol. The topological polar surface area (TPSA) is 26.3 Å². The van der Waals surface area contributed by atoms with Gasteiger partial charge >= 0.3 is 5.97 Å². The third-order valence-corrected chi connectivity index (χ3v) is 4.25. The van der Waals surface area contributed by atoms with E-state index < -0.39 is 6.17 Å². The highest BCUT2D eigenvalue weighted by Gasteiger charge is 2.08. The van der Waals surface area contributed by atoms with Gasteiger partial charge < -0.3 is 4.74 Å². The molecule has 0 unspecified atom stereocenters. The van der Waals surface area contributed by atoms with Crippen molar-refractivity contribution in [2.24, 2.45) is 0 Å². The molecule has 0 amide bonds. The summed E-state index contributed by atoms with van der Waals surface area (Å²) >= 11 is 0. The smallest absolute Gasteiger partial charge is 0.305 e. The van der Waals surface area contributed by atoms with Gasteiger partial charge in [0.1, 0.15) is 6.17 Å². The molecule has 0 aliphatic heterocycles. The number of carbonyl (C=O) groups excluding carboxylic acids is 1. The number of methoxy groups -OCH3 is 1. The summed E-state index contributed by atoms with van der Waals surface area (Å²) in [6, 6.07) is 0. The van der Waals surface area contributed by atoms with Gasteiger partial charge in [0.25, 0.3) is 0 Å². The number of unbranched alkanes of at least 4 members (excludes halogenated alkanes) is 10. The van der Waals surface area contributed by atoms with Crippen molar-refractivity contribution in [2.75, 3.05) is 7.11 Å². The molecule has 132 valence electrons. The van der Waals surface area contributed by atoms with Crippen molar-refractivity contribution in [3.8, 4) is 0 Å². The van der Waals surface area contributed by atoms with E-state index in [1.807, 2.05) is 0 Å². The lowest BCUT2D eigenvalue weighted by atomic mass is 10.0. The zero-order valence-corrected chi connectivity index (χ0v) is 14.9. The van der Waals surface area contributed by atoms with Crippen LogP contribution in [0.15, 0.2) is 0 Å². The number of hydrogen-bond acceptors (Lipinski definition) is 2. The fraction of sp³-hybridized carbons (Fsp3) is 0.947.